The summed E-state index contributed by atoms with van der Waals surface area (Å²) in [4.78, 5) is 1.38. The van der Waals surface area contributed by atoms with Crippen LogP contribution in [0.5, 0.6) is 0 Å². The van der Waals surface area contributed by atoms with Crippen molar-refractivity contribution in [3.63, 3.8) is 0 Å². The van der Waals surface area contributed by atoms with Gasteiger partial charge in [-0.2, -0.15) is 13.2 Å². The van der Waals surface area contributed by atoms with Crippen molar-refractivity contribution in [2.75, 3.05) is 20.1 Å². The van der Waals surface area contributed by atoms with Crippen LogP contribution in [0.15, 0.2) is 0 Å². The second kappa shape index (κ2) is 5.73. The van der Waals surface area contributed by atoms with E-state index in [-0.39, 0.29) is 0 Å². The summed E-state index contributed by atoms with van der Waals surface area (Å²) in [5.74, 6) is 0.662. The highest BCUT2D eigenvalue weighted by Crippen LogP contribution is 2.26. The van der Waals surface area contributed by atoms with E-state index in [9.17, 15) is 13.2 Å². The number of hydrogen-bond acceptors (Lipinski definition) is 1. The molecule has 0 amide bonds. The van der Waals surface area contributed by atoms with Crippen LogP contribution in [0.3, 0.4) is 0 Å². The first-order valence-corrected chi connectivity index (χ1v) is 5.72. The number of nitrogens with zero attached hydrogens (tertiary/aromatic N) is 1. The molecule has 0 saturated heterocycles. The lowest BCUT2D eigenvalue weighted by Crippen LogP contribution is -2.32. The van der Waals surface area contributed by atoms with Crippen LogP contribution < -0.4 is 0 Å². The van der Waals surface area contributed by atoms with E-state index < -0.39 is 12.7 Å². The molecule has 0 N–H and O–H groups in total. The molecule has 15 heavy (non-hydrogen) atoms. The first-order valence-electron chi connectivity index (χ1n) is 5.72. The zero-order chi connectivity index (χ0) is 11.3. The minimum Gasteiger partial charge on any atom is -0.298 e. The molecule has 0 aromatic rings. The van der Waals surface area contributed by atoms with E-state index >= 15 is 0 Å². The Balaban J connectivity index is 2.12. The second-order valence-electron chi connectivity index (χ2n) is 4.65. The number of rotatable bonds is 4. The lowest BCUT2D eigenvalue weighted by Gasteiger charge is -2.25. The van der Waals surface area contributed by atoms with Crippen molar-refractivity contribution >= 4 is 0 Å². The van der Waals surface area contributed by atoms with Crippen LogP contribution in [0.2, 0.25) is 0 Å². The molecular weight excluding hydrogens is 203 g/mol. The monoisotopic (exact) mass is 223 g/mol. The van der Waals surface area contributed by atoms with E-state index in [0.717, 1.165) is 6.42 Å². The molecule has 0 bridgehead atoms. The van der Waals surface area contributed by atoms with Crippen molar-refractivity contribution in [3.8, 4) is 0 Å². The maximum Gasteiger partial charge on any atom is 0.401 e. The van der Waals surface area contributed by atoms with Crippen molar-refractivity contribution in [2.24, 2.45) is 5.92 Å². The Hall–Kier alpha value is -0.250. The molecule has 1 aliphatic rings. The highest BCUT2D eigenvalue weighted by molar-refractivity contribution is 4.68. The van der Waals surface area contributed by atoms with Crippen LogP contribution in [0.1, 0.15) is 38.5 Å². The van der Waals surface area contributed by atoms with Gasteiger partial charge in [0.25, 0.3) is 0 Å². The average molecular weight is 223 g/mol. The van der Waals surface area contributed by atoms with Crippen molar-refractivity contribution in [3.05, 3.63) is 0 Å². The quantitative estimate of drug-likeness (QED) is 0.705. The lowest BCUT2D eigenvalue weighted by molar-refractivity contribution is -0.143. The summed E-state index contributed by atoms with van der Waals surface area (Å²) in [6, 6.07) is 0. The molecule has 0 atom stereocenters. The highest BCUT2D eigenvalue weighted by Gasteiger charge is 2.29. The van der Waals surface area contributed by atoms with Crippen molar-refractivity contribution in [1.29, 1.82) is 0 Å². The summed E-state index contributed by atoms with van der Waals surface area (Å²) in [7, 11) is 1.55. The van der Waals surface area contributed by atoms with Gasteiger partial charge in [-0.25, -0.2) is 0 Å². The van der Waals surface area contributed by atoms with Gasteiger partial charge in [0.2, 0.25) is 0 Å². The van der Waals surface area contributed by atoms with E-state index in [1.54, 1.807) is 7.05 Å². The van der Waals surface area contributed by atoms with E-state index in [1.807, 2.05) is 0 Å². The standard InChI is InChI=1S/C11H20F3N/c1-15(9-11(12,13)14)8-7-10-5-3-2-4-6-10/h10H,2-9H2,1H3. The number of alkyl halides is 3. The summed E-state index contributed by atoms with van der Waals surface area (Å²) in [5, 5.41) is 0. The molecule has 0 aromatic carbocycles. The topological polar surface area (TPSA) is 3.24 Å². The molecule has 0 heterocycles. The molecule has 0 radical (unpaired) electrons. The van der Waals surface area contributed by atoms with E-state index in [0.29, 0.717) is 12.5 Å². The first kappa shape index (κ1) is 12.8. The predicted octanol–water partition coefficient (Wildman–Crippen LogP) is 3.45. The summed E-state index contributed by atoms with van der Waals surface area (Å²) in [5.41, 5.74) is 0. The Morgan fingerprint density at radius 1 is 1.13 bits per heavy atom. The third-order valence-electron chi connectivity index (χ3n) is 3.09. The third-order valence-corrected chi connectivity index (χ3v) is 3.09. The Morgan fingerprint density at radius 2 is 1.73 bits per heavy atom. The van der Waals surface area contributed by atoms with Crippen LogP contribution in [-0.4, -0.2) is 31.2 Å². The highest BCUT2D eigenvalue weighted by atomic mass is 19.4. The SMILES string of the molecule is CN(CCC1CCCCC1)CC(F)(F)F. The van der Waals surface area contributed by atoms with Gasteiger partial charge in [-0.15, -0.1) is 0 Å². The molecular formula is C11H20F3N. The Labute approximate surface area is 89.6 Å². The number of halogens is 3. The van der Waals surface area contributed by atoms with Crippen LogP contribution in [0.4, 0.5) is 13.2 Å². The molecule has 1 aliphatic carbocycles. The minimum absolute atomic E-state index is 0.574. The van der Waals surface area contributed by atoms with Gasteiger partial charge in [0, 0.05) is 0 Å². The molecule has 1 saturated carbocycles. The maximum absolute atomic E-state index is 12.0. The molecule has 90 valence electrons. The van der Waals surface area contributed by atoms with E-state index in [1.165, 1.54) is 37.0 Å². The summed E-state index contributed by atoms with van der Waals surface area (Å²) in [6.45, 7) is -0.204. The van der Waals surface area contributed by atoms with Crippen LogP contribution in [0, 0.1) is 5.92 Å². The molecule has 4 heteroatoms. The normalized spacial score (nSPS) is 19.8. The Kier molecular flexibility index (Phi) is 4.90. The average Bonchev–Trinajstić information content (AvgIpc) is 2.14. The number of hydrogen-bond donors (Lipinski definition) is 0. The first-order chi connectivity index (χ1) is 6.97. The van der Waals surface area contributed by atoms with Crippen molar-refractivity contribution in [1.82, 2.24) is 4.90 Å². The lowest BCUT2D eigenvalue weighted by atomic mass is 9.87. The van der Waals surface area contributed by atoms with Gasteiger partial charge in [-0.05, 0) is 25.9 Å². The molecule has 1 nitrogen and oxygen atoms in total. The van der Waals surface area contributed by atoms with Gasteiger partial charge in [-0.3, -0.25) is 4.90 Å². The van der Waals surface area contributed by atoms with Gasteiger partial charge in [0.15, 0.2) is 0 Å². The van der Waals surface area contributed by atoms with Gasteiger partial charge in [-0.1, -0.05) is 32.1 Å². The fourth-order valence-corrected chi connectivity index (χ4v) is 2.26. The summed E-state index contributed by atoms with van der Waals surface area (Å²) < 4.78 is 36.1. The smallest absolute Gasteiger partial charge is 0.298 e. The van der Waals surface area contributed by atoms with Crippen LogP contribution >= 0.6 is 0 Å². The van der Waals surface area contributed by atoms with Crippen LogP contribution in [0.25, 0.3) is 0 Å². The van der Waals surface area contributed by atoms with Gasteiger partial charge < -0.3 is 0 Å². The Bertz CT molecular complexity index is 173. The second-order valence-corrected chi connectivity index (χ2v) is 4.65. The van der Waals surface area contributed by atoms with Gasteiger partial charge in [0.1, 0.15) is 0 Å². The fraction of sp³-hybridized carbons (Fsp3) is 1.00. The van der Waals surface area contributed by atoms with Crippen molar-refractivity contribution in [2.45, 2.75) is 44.7 Å². The minimum atomic E-state index is -4.05. The fourth-order valence-electron chi connectivity index (χ4n) is 2.26. The van der Waals surface area contributed by atoms with Crippen molar-refractivity contribution < 1.29 is 13.2 Å². The molecule has 0 aromatic heterocycles. The maximum atomic E-state index is 12.0. The van der Waals surface area contributed by atoms with Gasteiger partial charge >= 0.3 is 6.18 Å². The molecule has 0 aliphatic heterocycles. The summed E-state index contributed by atoms with van der Waals surface area (Å²) in [6.07, 6.45) is 3.10. The predicted molar refractivity (Wildman–Crippen MR) is 54.7 cm³/mol. The Morgan fingerprint density at radius 3 is 2.27 bits per heavy atom. The third kappa shape index (κ3) is 6.03. The largest absolute Gasteiger partial charge is 0.401 e. The zero-order valence-electron chi connectivity index (χ0n) is 9.32. The van der Waals surface area contributed by atoms with E-state index in [4.69, 9.17) is 0 Å². The van der Waals surface area contributed by atoms with Gasteiger partial charge in [0.05, 0.1) is 6.54 Å². The molecule has 1 fully saturated rings. The molecule has 1 rings (SSSR count). The van der Waals surface area contributed by atoms with E-state index in [2.05, 4.69) is 0 Å². The summed E-state index contributed by atoms with van der Waals surface area (Å²) >= 11 is 0. The zero-order valence-corrected chi connectivity index (χ0v) is 9.32. The molecule has 0 spiro atoms. The molecule has 0 unspecified atom stereocenters. The van der Waals surface area contributed by atoms with Crippen LogP contribution in [-0.2, 0) is 0 Å².